The predicted octanol–water partition coefficient (Wildman–Crippen LogP) is 4.20. The first-order chi connectivity index (χ1) is 10.1. The minimum Gasteiger partial charge on any atom is -0.382 e. The van der Waals surface area contributed by atoms with Crippen LogP contribution in [-0.2, 0) is 0 Å². The molecule has 0 aliphatic heterocycles. The summed E-state index contributed by atoms with van der Waals surface area (Å²) in [5.41, 5.74) is 7.64. The second-order valence-electron chi connectivity index (χ2n) is 5.54. The van der Waals surface area contributed by atoms with Crippen molar-refractivity contribution in [1.82, 2.24) is 9.66 Å². The molecule has 6 heteroatoms. The summed E-state index contributed by atoms with van der Waals surface area (Å²) in [4.78, 5) is 4.69. The van der Waals surface area contributed by atoms with E-state index in [2.05, 4.69) is 4.98 Å². The molecule has 3 rings (SSSR count). The van der Waals surface area contributed by atoms with Crippen LogP contribution in [0.15, 0.2) is 18.2 Å². The molecule has 1 aromatic carbocycles. The van der Waals surface area contributed by atoms with Gasteiger partial charge < -0.3 is 11.6 Å². The average molecular weight is 325 g/mol. The minimum absolute atomic E-state index is 0.391. The van der Waals surface area contributed by atoms with E-state index in [1.54, 1.807) is 12.1 Å². The number of nitrogens with zero attached hydrogens (tertiary/aromatic N) is 2. The van der Waals surface area contributed by atoms with Crippen molar-refractivity contribution in [2.24, 2.45) is 0 Å². The van der Waals surface area contributed by atoms with E-state index in [1.807, 2.05) is 6.07 Å². The van der Waals surface area contributed by atoms with E-state index in [4.69, 9.17) is 34.8 Å². The van der Waals surface area contributed by atoms with Crippen LogP contribution < -0.4 is 11.6 Å². The summed E-state index contributed by atoms with van der Waals surface area (Å²) >= 11 is 12.0. The molecule has 0 amide bonds. The lowest BCUT2D eigenvalue weighted by Crippen LogP contribution is -2.19. The van der Waals surface area contributed by atoms with E-state index in [0.717, 1.165) is 24.2 Å². The van der Waals surface area contributed by atoms with Gasteiger partial charge in [0.1, 0.15) is 11.5 Å². The molecule has 1 aliphatic carbocycles. The SMILES string of the molecule is Nc1c(-c2ccc(Cl)c(Cl)c2)nc(C2CCCCC2)n1N. The van der Waals surface area contributed by atoms with Gasteiger partial charge in [-0.25, -0.2) is 9.66 Å². The van der Waals surface area contributed by atoms with E-state index in [-0.39, 0.29) is 0 Å². The quantitative estimate of drug-likeness (QED) is 0.813. The van der Waals surface area contributed by atoms with Crippen molar-refractivity contribution in [3.05, 3.63) is 34.1 Å². The highest BCUT2D eigenvalue weighted by Gasteiger charge is 2.24. The first kappa shape index (κ1) is 14.5. The third kappa shape index (κ3) is 2.70. The molecule has 1 saturated carbocycles. The summed E-state index contributed by atoms with van der Waals surface area (Å²) in [5, 5.41) is 0.998. The lowest BCUT2D eigenvalue weighted by Gasteiger charge is -2.20. The number of imidazole rings is 1. The maximum atomic E-state index is 6.13. The van der Waals surface area contributed by atoms with Gasteiger partial charge in [0.2, 0.25) is 0 Å². The predicted molar refractivity (Wildman–Crippen MR) is 88.1 cm³/mol. The van der Waals surface area contributed by atoms with Gasteiger partial charge in [-0.15, -0.1) is 0 Å². The van der Waals surface area contributed by atoms with Crippen LogP contribution in [0.5, 0.6) is 0 Å². The third-order valence-corrected chi connectivity index (χ3v) is 4.88. The van der Waals surface area contributed by atoms with Crippen molar-refractivity contribution in [3.8, 4) is 11.3 Å². The molecule has 21 heavy (non-hydrogen) atoms. The highest BCUT2D eigenvalue weighted by molar-refractivity contribution is 6.42. The molecular weight excluding hydrogens is 307 g/mol. The van der Waals surface area contributed by atoms with Crippen LogP contribution in [-0.4, -0.2) is 9.66 Å². The minimum atomic E-state index is 0.391. The van der Waals surface area contributed by atoms with Crippen LogP contribution in [0.1, 0.15) is 43.8 Å². The van der Waals surface area contributed by atoms with E-state index < -0.39 is 0 Å². The first-order valence-corrected chi connectivity index (χ1v) is 7.92. The van der Waals surface area contributed by atoms with Gasteiger partial charge in [-0.2, -0.15) is 0 Å². The molecule has 1 heterocycles. The average Bonchev–Trinajstić information content (AvgIpc) is 2.79. The lowest BCUT2D eigenvalue weighted by molar-refractivity contribution is 0.424. The van der Waals surface area contributed by atoms with E-state index >= 15 is 0 Å². The summed E-state index contributed by atoms with van der Waals surface area (Å²) in [6.45, 7) is 0. The number of hydrogen-bond acceptors (Lipinski definition) is 3. The number of rotatable bonds is 2. The van der Waals surface area contributed by atoms with Crippen molar-refractivity contribution in [1.29, 1.82) is 0 Å². The number of benzene rings is 1. The van der Waals surface area contributed by atoms with Crippen LogP contribution in [0.25, 0.3) is 11.3 Å². The van der Waals surface area contributed by atoms with Crippen LogP contribution in [0.3, 0.4) is 0 Å². The fourth-order valence-electron chi connectivity index (χ4n) is 2.97. The lowest BCUT2D eigenvalue weighted by atomic mass is 9.89. The van der Waals surface area contributed by atoms with Gasteiger partial charge in [-0.1, -0.05) is 48.5 Å². The summed E-state index contributed by atoms with van der Waals surface area (Å²) in [6, 6.07) is 5.37. The molecule has 0 radical (unpaired) electrons. The Morgan fingerprint density at radius 1 is 1.10 bits per heavy atom. The smallest absolute Gasteiger partial charge is 0.150 e. The monoisotopic (exact) mass is 324 g/mol. The van der Waals surface area contributed by atoms with E-state index in [1.165, 1.54) is 23.9 Å². The molecule has 1 fully saturated rings. The second-order valence-corrected chi connectivity index (χ2v) is 6.35. The Morgan fingerprint density at radius 3 is 2.48 bits per heavy atom. The van der Waals surface area contributed by atoms with Gasteiger partial charge in [0, 0.05) is 11.5 Å². The molecule has 0 bridgehead atoms. The standard InChI is InChI=1S/C15H18Cl2N4/c16-11-7-6-10(8-12(11)17)13-14(18)21(19)15(20-13)9-4-2-1-3-5-9/h6-9H,1-5,18-19H2. The van der Waals surface area contributed by atoms with Crippen molar-refractivity contribution >= 4 is 29.0 Å². The first-order valence-electron chi connectivity index (χ1n) is 7.16. The summed E-state index contributed by atoms with van der Waals surface area (Å²) in [6.07, 6.45) is 5.97. The van der Waals surface area contributed by atoms with Crippen molar-refractivity contribution in [3.63, 3.8) is 0 Å². The van der Waals surface area contributed by atoms with Crippen LogP contribution in [0.4, 0.5) is 5.82 Å². The number of nitrogen functional groups attached to an aromatic ring is 2. The van der Waals surface area contributed by atoms with Crippen molar-refractivity contribution in [2.45, 2.75) is 38.0 Å². The number of anilines is 1. The Morgan fingerprint density at radius 2 is 1.81 bits per heavy atom. The Kier molecular flexibility index (Phi) is 4.00. The molecular formula is C15H18Cl2N4. The highest BCUT2D eigenvalue weighted by atomic mass is 35.5. The maximum Gasteiger partial charge on any atom is 0.150 e. The van der Waals surface area contributed by atoms with Gasteiger partial charge >= 0.3 is 0 Å². The fraction of sp³-hybridized carbons (Fsp3) is 0.400. The molecule has 4 nitrogen and oxygen atoms in total. The van der Waals surface area contributed by atoms with Crippen LogP contribution >= 0.6 is 23.2 Å². The summed E-state index contributed by atoms with van der Waals surface area (Å²) in [5.74, 6) is 7.84. The molecule has 4 N–H and O–H groups in total. The van der Waals surface area contributed by atoms with Gasteiger partial charge in [-0.3, -0.25) is 0 Å². The van der Waals surface area contributed by atoms with Gasteiger partial charge in [0.15, 0.2) is 5.82 Å². The van der Waals surface area contributed by atoms with Crippen LogP contribution in [0, 0.1) is 0 Å². The molecule has 1 aromatic heterocycles. The molecule has 2 aromatic rings. The molecule has 112 valence electrons. The van der Waals surface area contributed by atoms with Crippen molar-refractivity contribution < 1.29 is 0 Å². The van der Waals surface area contributed by atoms with E-state index in [9.17, 15) is 0 Å². The van der Waals surface area contributed by atoms with Crippen LogP contribution in [0.2, 0.25) is 10.0 Å². The van der Waals surface area contributed by atoms with Gasteiger partial charge in [-0.05, 0) is 25.0 Å². The number of aromatic nitrogens is 2. The second kappa shape index (κ2) is 5.78. The number of halogens is 2. The normalized spacial score (nSPS) is 16.3. The third-order valence-electron chi connectivity index (χ3n) is 4.14. The zero-order valence-electron chi connectivity index (χ0n) is 11.6. The van der Waals surface area contributed by atoms with Crippen molar-refractivity contribution in [2.75, 3.05) is 11.6 Å². The molecule has 1 aliphatic rings. The summed E-state index contributed by atoms with van der Waals surface area (Å²) < 4.78 is 1.52. The molecule has 0 atom stereocenters. The molecule has 0 spiro atoms. The Labute approximate surface area is 134 Å². The number of nitrogens with two attached hydrogens (primary N) is 2. The van der Waals surface area contributed by atoms with E-state index in [0.29, 0.717) is 27.5 Å². The topological polar surface area (TPSA) is 69.9 Å². The Bertz CT molecular complexity index is 660. The Balaban J connectivity index is 2.01. The zero-order valence-corrected chi connectivity index (χ0v) is 13.2. The largest absolute Gasteiger partial charge is 0.382 e. The zero-order chi connectivity index (χ0) is 15.0. The van der Waals surface area contributed by atoms with Gasteiger partial charge in [0.05, 0.1) is 10.0 Å². The Hall–Kier alpha value is -1.39. The number of hydrogen-bond donors (Lipinski definition) is 2. The maximum absolute atomic E-state index is 6.13. The highest BCUT2D eigenvalue weighted by Crippen LogP contribution is 2.36. The molecule has 0 saturated heterocycles. The summed E-state index contributed by atoms with van der Waals surface area (Å²) in [7, 11) is 0. The van der Waals surface area contributed by atoms with Gasteiger partial charge in [0.25, 0.3) is 0 Å². The molecule has 0 unspecified atom stereocenters. The fourth-order valence-corrected chi connectivity index (χ4v) is 3.27.